The van der Waals surface area contributed by atoms with Crippen LogP contribution in [0.4, 0.5) is 0 Å². The first-order valence-corrected chi connectivity index (χ1v) is 5.69. The Labute approximate surface area is 96.1 Å². The van der Waals surface area contributed by atoms with Crippen molar-refractivity contribution in [1.29, 1.82) is 0 Å². The van der Waals surface area contributed by atoms with Crippen LogP contribution in [0.1, 0.15) is 11.3 Å². The van der Waals surface area contributed by atoms with E-state index in [1.807, 2.05) is 4.90 Å². The zero-order valence-electron chi connectivity index (χ0n) is 8.57. The van der Waals surface area contributed by atoms with E-state index in [-0.39, 0.29) is 11.5 Å². The molecule has 0 spiro atoms. The largest absolute Gasteiger partial charge is 0.350 e. The lowest BCUT2D eigenvalue weighted by molar-refractivity contribution is -0.464. The summed E-state index contributed by atoms with van der Waals surface area (Å²) < 4.78 is 3.76. The maximum atomic E-state index is 10.5. The molecule has 0 N–H and O–H groups in total. The lowest BCUT2D eigenvalue weighted by atomic mass is 10.3. The molecule has 0 saturated heterocycles. The summed E-state index contributed by atoms with van der Waals surface area (Å²) in [6, 6.07) is 0. The predicted octanol–water partition coefficient (Wildman–Crippen LogP) is 0.419. The Kier molecular flexibility index (Phi) is 3.40. The van der Waals surface area contributed by atoms with E-state index in [0.717, 1.165) is 17.8 Å². The first kappa shape index (κ1) is 10.9. The van der Waals surface area contributed by atoms with Gasteiger partial charge in [-0.25, -0.2) is 0 Å². The number of hydrogen-bond acceptors (Lipinski definition) is 7. The minimum atomic E-state index is -0.345. The fourth-order valence-electron chi connectivity index (χ4n) is 1.58. The molecule has 0 atom stereocenters. The molecule has 0 aromatic carbocycles. The summed E-state index contributed by atoms with van der Waals surface area (Å²) in [5, 5.41) is 14.2. The monoisotopic (exact) mass is 241 g/mol. The van der Waals surface area contributed by atoms with Crippen molar-refractivity contribution in [2.24, 2.45) is 4.99 Å². The molecule has 0 radical (unpaired) electrons. The van der Waals surface area contributed by atoms with Crippen LogP contribution in [-0.2, 0) is 6.54 Å². The first-order valence-electron chi connectivity index (χ1n) is 4.92. The minimum absolute atomic E-state index is 0.202. The van der Waals surface area contributed by atoms with Crippen molar-refractivity contribution in [3.05, 3.63) is 21.2 Å². The van der Waals surface area contributed by atoms with Gasteiger partial charge in [-0.05, 0) is 18.0 Å². The van der Waals surface area contributed by atoms with E-state index >= 15 is 0 Å². The van der Waals surface area contributed by atoms with E-state index in [1.54, 1.807) is 6.20 Å². The van der Waals surface area contributed by atoms with Gasteiger partial charge in [0.2, 0.25) is 0 Å². The van der Waals surface area contributed by atoms with Crippen molar-refractivity contribution >= 4 is 17.4 Å². The summed E-state index contributed by atoms with van der Waals surface area (Å²) in [5.41, 5.74) is 0. The molecule has 1 aliphatic heterocycles. The smallest absolute Gasteiger partial charge is 0.260 e. The molecule has 8 heteroatoms. The van der Waals surface area contributed by atoms with E-state index in [2.05, 4.69) is 14.6 Å². The maximum Gasteiger partial charge on any atom is 0.260 e. The highest BCUT2D eigenvalue weighted by atomic mass is 32.1. The molecule has 2 heterocycles. The Morgan fingerprint density at radius 1 is 1.62 bits per heavy atom. The third-order valence-electron chi connectivity index (χ3n) is 2.27. The summed E-state index contributed by atoms with van der Waals surface area (Å²) in [6.07, 6.45) is 2.62. The highest BCUT2D eigenvalue weighted by Gasteiger charge is 2.20. The standard InChI is InChI=1S/C8H11N5O2S/c14-13(15)6-8-9-2-1-3-12(8)5-7-4-10-11-16-7/h4H,1-3,5-6H2. The number of nitro groups is 1. The highest BCUT2D eigenvalue weighted by molar-refractivity contribution is 7.05. The van der Waals surface area contributed by atoms with Gasteiger partial charge < -0.3 is 4.90 Å². The van der Waals surface area contributed by atoms with E-state index < -0.39 is 0 Å². The van der Waals surface area contributed by atoms with Gasteiger partial charge in [-0.2, -0.15) is 0 Å². The van der Waals surface area contributed by atoms with Gasteiger partial charge in [0, 0.05) is 18.0 Å². The second-order valence-corrected chi connectivity index (χ2v) is 4.32. The summed E-state index contributed by atoms with van der Waals surface area (Å²) in [5.74, 6) is 0.560. The van der Waals surface area contributed by atoms with Gasteiger partial charge in [0.1, 0.15) is 0 Å². The summed E-state index contributed by atoms with van der Waals surface area (Å²) in [7, 11) is 0. The lowest BCUT2D eigenvalue weighted by Crippen LogP contribution is -2.39. The van der Waals surface area contributed by atoms with Crippen LogP contribution in [0.15, 0.2) is 11.2 Å². The fraction of sp³-hybridized carbons (Fsp3) is 0.625. The SMILES string of the molecule is O=[N+]([O-])CC1=NCCCN1Cc1cnns1. The fourth-order valence-corrected chi connectivity index (χ4v) is 2.09. The van der Waals surface area contributed by atoms with Crippen molar-refractivity contribution in [3.63, 3.8) is 0 Å². The molecule has 2 rings (SSSR count). The summed E-state index contributed by atoms with van der Waals surface area (Å²) in [6.45, 7) is 1.90. The van der Waals surface area contributed by atoms with Crippen molar-refractivity contribution < 1.29 is 4.92 Å². The van der Waals surface area contributed by atoms with E-state index in [1.165, 1.54) is 11.5 Å². The molecule has 16 heavy (non-hydrogen) atoms. The van der Waals surface area contributed by atoms with E-state index in [9.17, 15) is 10.1 Å². The second-order valence-electron chi connectivity index (χ2n) is 3.45. The lowest BCUT2D eigenvalue weighted by Gasteiger charge is -2.26. The predicted molar refractivity (Wildman–Crippen MR) is 59.1 cm³/mol. The molecule has 1 aromatic rings. The molecule has 7 nitrogen and oxygen atoms in total. The molecule has 0 amide bonds. The first-order chi connectivity index (χ1) is 7.75. The number of nitrogens with zero attached hydrogens (tertiary/aromatic N) is 5. The van der Waals surface area contributed by atoms with Crippen LogP contribution >= 0.6 is 11.5 Å². The molecule has 1 aromatic heterocycles. The van der Waals surface area contributed by atoms with Crippen LogP contribution in [0.5, 0.6) is 0 Å². The van der Waals surface area contributed by atoms with Gasteiger partial charge >= 0.3 is 0 Å². The Balaban J connectivity index is 2.03. The van der Waals surface area contributed by atoms with Gasteiger partial charge in [-0.3, -0.25) is 15.1 Å². The van der Waals surface area contributed by atoms with Gasteiger partial charge in [0.05, 0.1) is 17.6 Å². The number of rotatable bonds is 4. The molecule has 1 aliphatic rings. The normalized spacial score (nSPS) is 16.0. The van der Waals surface area contributed by atoms with E-state index in [4.69, 9.17) is 0 Å². The quantitative estimate of drug-likeness (QED) is 0.563. The zero-order valence-corrected chi connectivity index (χ0v) is 9.39. The average molecular weight is 241 g/mol. The molecular formula is C8H11N5O2S. The van der Waals surface area contributed by atoms with Crippen molar-refractivity contribution in [2.45, 2.75) is 13.0 Å². The average Bonchev–Trinajstić information content (AvgIpc) is 2.73. The van der Waals surface area contributed by atoms with Crippen LogP contribution in [0.3, 0.4) is 0 Å². The van der Waals surface area contributed by atoms with Gasteiger partial charge in [0.15, 0.2) is 5.84 Å². The summed E-state index contributed by atoms with van der Waals surface area (Å²) >= 11 is 1.31. The van der Waals surface area contributed by atoms with E-state index in [0.29, 0.717) is 18.9 Å². The topological polar surface area (TPSA) is 84.5 Å². The number of aliphatic imine (C=N–C) groups is 1. The van der Waals surface area contributed by atoms with Gasteiger partial charge in [-0.15, -0.1) is 5.10 Å². The molecule has 0 aliphatic carbocycles. The van der Waals surface area contributed by atoms with Crippen LogP contribution in [0.25, 0.3) is 0 Å². The van der Waals surface area contributed by atoms with Crippen molar-refractivity contribution in [2.75, 3.05) is 19.6 Å². The summed E-state index contributed by atoms with van der Waals surface area (Å²) in [4.78, 5) is 17.3. The third kappa shape index (κ3) is 2.72. The van der Waals surface area contributed by atoms with Crippen LogP contribution < -0.4 is 0 Å². The second kappa shape index (κ2) is 4.97. The molecule has 0 fully saturated rings. The van der Waals surface area contributed by atoms with Crippen molar-refractivity contribution in [1.82, 2.24) is 14.5 Å². The van der Waals surface area contributed by atoms with Crippen molar-refractivity contribution in [3.8, 4) is 0 Å². The Morgan fingerprint density at radius 3 is 3.19 bits per heavy atom. The van der Waals surface area contributed by atoms with Crippen LogP contribution in [-0.4, -0.2) is 44.9 Å². The third-order valence-corrected chi connectivity index (χ3v) is 2.91. The minimum Gasteiger partial charge on any atom is -0.350 e. The van der Waals surface area contributed by atoms with Gasteiger partial charge in [-0.1, -0.05) is 4.49 Å². The maximum absolute atomic E-state index is 10.5. The zero-order chi connectivity index (χ0) is 11.4. The Bertz CT molecular complexity index is 391. The van der Waals surface area contributed by atoms with Crippen LogP contribution in [0, 0.1) is 10.1 Å². The molecule has 0 saturated carbocycles. The Morgan fingerprint density at radius 2 is 2.50 bits per heavy atom. The number of aromatic nitrogens is 2. The number of amidine groups is 1. The molecule has 0 unspecified atom stereocenters. The molecule has 0 bridgehead atoms. The molecule has 86 valence electrons. The highest BCUT2D eigenvalue weighted by Crippen LogP contribution is 2.11. The van der Waals surface area contributed by atoms with Crippen LogP contribution in [0.2, 0.25) is 0 Å². The Hall–Kier alpha value is -1.57. The van der Waals surface area contributed by atoms with Gasteiger partial charge in [0.25, 0.3) is 6.54 Å². The number of hydrogen-bond donors (Lipinski definition) is 0. The molecular weight excluding hydrogens is 230 g/mol.